The fourth-order valence-electron chi connectivity index (χ4n) is 2.49. The summed E-state index contributed by atoms with van der Waals surface area (Å²) in [5.41, 5.74) is 2.10. The predicted molar refractivity (Wildman–Crippen MR) is 91.2 cm³/mol. The van der Waals surface area contributed by atoms with Gasteiger partial charge in [0.1, 0.15) is 0 Å². The number of benzene rings is 1. The van der Waals surface area contributed by atoms with E-state index in [0.29, 0.717) is 5.39 Å². The Kier molecular flexibility index (Phi) is 3.46. The molecule has 0 spiro atoms. The maximum atomic E-state index is 12.3. The summed E-state index contributed by atoms with van der Waals surface area (Å²) in [7, 11) is 1.73. The average Bonchev–Trinajstić information content (AvgIpc) is 2.30. The van der Waals surface area contributed by atoms with Crippen molar-refractivity contribution in [3.8, 4) is 0 Å². The van der Waals surface area contributed by atoms with Gasteiger partial charge in [0.15, 0.2) is 0 Å². The third-order valence-electron chi connectivity index (χ3n) is 3.48. The van der Waals surface area contributed by atoms with Crippen LogP contribution in [-0.4, -0.2) is 29.2 Å². The van der Waals surface area contributed by atoms with Crippen molar-refractivity contribution < 1.29 is 0 Å². The third kappa shape index (κ3) is 2.47. The summed E-state index contributed by atoms with van der Waals surface area (Å²) in [6.45, 7) is 9.38. The Hall–Kier alpha value is -1.34. The minimum atomic E-state index is -1.54. The van der Waals surface area contributed by atoms with Crippen LogP contribution < -0.4 is 10.9 Å². The molecule has 0 aliphatic heterocycles. The van der Waals surface area contributed by atoms with Crippen molar-refractivity contribution in [2.75, 3.05) is 13.3 Å². The molecule has 0 fully saturated rings. The van der Waals surface area contributed by atoms with Crippen molar-refractivity contribution in [3.63, 3.8) is 0 Å². The molecule has 0 N–H and O–H groups in total. The van der Waals surface area contributed by atoms with Crippen LogP contribution in [0.2, 0.25) is 0 Å². The Bertz CT molecular complexity index is 775. The molecule has 1 heterocycles. The lowest BCUT2D eigenvalue weighted by molar-refractivity contribution is 0.594. The van der Waals surface area contributed by atoms with Crippen molar-refractivity contribution in [3.05, 3.63) is 34.4 Å². The molecule has 0 aliphatic rings. The van der Waals surface area contributed by atoms with E-state index < -0.39 is 6.89 Å². The van der Waals surface area contributed by atoms with Crippen molar-refractivity contribution in [2.45, 2.75) is 26.2 Å². The van der Waals surface area contributed by atoms with Crippen LogP contribution in [0.3, 0.4) is 0 Å². The predicted octanol–water partition coefficient (Wildman–Crippen LogP) is 2.57. The number of fused-ring (bicyclic) bond motifs is 1. The van der Waals surface area contributed by atoms with Crippen LogP contribution in [0.25, 0.3) is 10.9 Å². The van der Waals surface area contributed by atoms with E-state index in [1.165, 1.54) is 15.4 Å². The van der Waals surface area contributed by atoms with Crippen molar-refractivity contribution in [2.24, 2.45) is 7.05 Å². The standard InChI is InChI=1S/C16H23N2OP/c1-16(2,3)12-9-8-11-13(14(12)20(5,6)7)17-10-18(4)15(11)19/h8-10H,5H2,1-4,6-7H3. The van der Waals surface area contributed by atoms with E-state index in [2.05, 4.69) is 51.5 Å². The zero-order valence-electron chi connectivity index (χ0n) is 13.2. The Morgan fingerprint density at radius 2 is 1.85 bits per heavy atom. The molecule has 0 unspecified atom stereocenters. The monoisotopic (exact) mass is 290 g/mol. The molecule has 0 saturated carbocycles. The van der Waals surface area contributed by atoms with Gasteiger partial charge in [-0.15, -0.1) is 0 Å². The average molecular weight is 290 g/mol. The van der Waals surface area contributed by atoms with E-state index >= 15 is 0 Å². The van der Waals surface area contributed by atoms with Crippen LogP contribution in [0.4, 0.5) is 0 Å². The molecule has 2 aromatic rings. The summed E-state index contributed by atoms with van der Waals surface area (Å²) >= 11 is 0. The summed E-state index contributed by atoms with van der Waals surface area (Å²) in [5, 5.41) is 1.87. The number of hydrogen-bond acceptors (Lipinski definition) is 2. The van der Waals surface area contributed by atoms with E-state index in [9.17, 15) is 4.79 Å². The van der Waals surface area contributed by atoms with Crippen LogP contribution in [0.15, 0.2) is 23.3 Å². The molecular weight excluding hydrogens is 267 g/mol. The van der Waals surface area contributed by atoms with Crippen LogP contribution in [0, 0.1) is 0 Å². The smallest absolute Gasteiger partial charge is 0.260 e. The summed E-state index contributed by atoms with van der Waals surface area (Å²) in [6, 6.07) is 3.98. The largest absolute Gasteiger partial charge is 0.302 e. The molecule has 1 aromatic carbocycles. The van der Waals surface area contributed by atoms with Gasteiger partial charge in [0.2, 0.25) is 0 Å². The Balaban J connectivity index is 3.05. The third-order valence-corrected chi connectivity index (χ3v) is 5.14. The first kappa shape index (κ1) is 15.1. The van der Waals surface area contributed by atoms with Crippen LogP contribution in [0.5, 0.6) is 0 Å². The first-order valence-corrected chi connectivity index (χ1v) is 9.58. The number of rotatable bonds is 1. The molecule has 0 amide bonds. The highest BCUT2D eigenvalue weighted by molar-refractivity contribution is 7.79. The van der Waals surface area contributed by atoms with Crippen molar-refractivity contribution in [1.29, 1.82) is 0 Å². The van der Waals surface area contributed by atoms with Gasteiger partial charge in [-0.3, -0.25) is 4.79 Å². The first-order chi connectivity index (χ1) is 9.03. The van der Waals surface area contributed by atoms with Gasteiger partial charge in [-0.1, -0.05) is 40.0 Å². The molecule has 108 valence electrons. The topological polar surface area (TPSA) is 34.9 Å². The molecule has 0 atom stereocenters. The molecule has 0 saturated heterocycles. The maximum Gasteiger partial charge on any atom is 0.260 e. The van der Waals surface area contributed by atoms with Crippen LogP contribution in [-0.2, 0) is 12.5 Å². The fraction of sp³-hybridized carbons (Fsp3) is 0.438. The minimum absolute atomic E-state index is 0.00478. The Labute approximate surface area is 120 Å². The molecule has 0 radical (unpaired) electrons. The zero-order valence-corrected chi connectivity index (χ0v) is 14.1. The van der Waals surface area contributed by atoms with E-state index in [-0.39, 0.29) is 11.0 Å². The molecule has 20 heavy (non-hydrogen) atoms. The SMILES string of the molecule is C=P(C)(C)c1c(C(C)(C)C)ccc2c(=O)n(C)cnc12. The summed E-state index contributed by atoms with van der Waals surface area (Å²) < 4.78 is 1.53. The lowest BCUT2D eigenvalue weighted by Gasteiger charge is -2.28. The quantitative estimate of drug-likeness (QED) is 0.757. The molecule has 0 aliphatic carbocycles. The molecular formula is C16H23N2OP. The van der Waals surface area contributed by atoms with Crippen LogP contribution >= 0.6 is 6.89 Å². The minimum Gasteiger partial charge on any atom is -0.302 e. The molecule has 0 bridgehead atoms. The van der Waals surface area contributed by atoms with E-state index in [0.717, 1.165) is 5.52 Å². The van der Waals surface area contributed by atoms with E-state index in [4.69, 9.17) is 0 Å². The maximum absolute atomic E-state index is 12.3. The van der Waals surface area contributed by atoms with Gasteiger partial charge < -0.3 is 4.57 Å². The lowest BCUT2D eigenvalue weighted by Crippen LogP contribution is -2.27. The second kappa shape index (κ2) is 4.60. The van der Waals surface area contributed by atoms with E-state index in [1.807, 2.05) is 6.07 Å². The van der Waals surface area contributed by atoms with Crippen molar-refractivity contribution in [1.82, 2.24) is 9.55 Å². The van der Waals surface area contributed by atoms with Gasteiger partial charge in [-0.05, 0) is 30.4 Å². The molecule has 3 nitrogen and oxygen atoms in total. The highest BCUT2D eigenvalue weighted by Gasteiger charge is 2.24. The second-order valence-electron chi connectivity index (χ2n) is 6.95. The van der Waals surface area contributed by atoms with Crippen molar-refractivity contribution >= 4 is 29.4 Å². The number of aryl methyl sites for hydroxylation is 1. The first-order valence-electron chi connectivity index (χ1n) is 6.71. The molecule has 1 aromatic heterocycles. The highest BCUT2D eigenvalue weighted by atomic mass is 31.2. The van der Waals surface area contributed by atoms with Crippen LogP contribution in [0.1, 0.15) is 26.3 Å². The Morgan fingerprint density at radius 1 is 1.25 bits per heavy atom. The van der Waals surface area contributed by atoms with Gasteiger partial charge in [0, 0.05) is 12.4 Å². The summed E-state index contributed by atoms with van der Waals surface area (Å²) in [6.07, 6.45) is 5.99. The number of nitrogens with zero attached hydrogens (tertiary/aromatic N) is 2. The lowest BCUT2D eigenvalue weighted by atomic mass is 9.86. The van der Waals surface area contributed by atoms with Gasteiger partial charge >= 0.3 is 0 Å². The summed E-state index contributed by atoms with van der Waals surface area (Å²) in [4.78, 5) is 16.8. The van der Waals surface area contributed by atoms with Gasteiger partial charge in [-0.2, -0.15) is 0 Å². The summed E-state index contributed by atoms with van der Waals surface area (Å²) in [5.74, 6) is 0. The fourth-order valence-corrected chi connectivity index (χ4v) is 4.30. The van der Waals surface area contributed by atoms with Gasteiger partial charge in [-0.25, -0.2) is 4.98 Å². The van der Waals surface area contributed by atoms with Gasteiger partial charge in [0.05, 0.1) is 17.2 Å². The molecule has 2 rings (SSSR count). The molecule has 4 heteroatoms. The highest BCUT2D eigenvalue weighted by Crippen LogP contribution is 2.40. The second-order valence-corrected chi connectivity index (χ2v) is 10.8. The Morgan fingerprint density at radius 3 is 2.35 bits per heavy atom. The number of aromatic nitrogens is 2. The normalized spacial score (nSPS) is 12.9. The zero-order chi connectivity index (χ0) is 15.3. The number of hydrogen-bond donors (Lipinski definition) is 0. The van der Waals surface area contributed by atoms with E-state index in [1.54, 1.807) is 13.4 Å². The van der Waals surface area contributed by atoms with Gasteiger partial charge in [0.25, 0.3) is 5.56 Å².